The van der Waals surface area contributed by atoms with Gasteiger partial charge >= 0.3 is 0 Å². The molecule has 0 amide bonds. The van der Waals surface area contributed by atoms with Crippen LogP contribution in [0.15, 0.2) is 0 Å². The predicted molar refractivity (Wildman–Crippen MR) is 79.7 cm³/mol. The average Bonchev–Trinajstić information content (AvgIpc) is 2.83. The van der Waals surface area contributed by atoms with Crippen LogP contribution in [0.4, 0.5) is 0 Å². The van der Waals surface area contributed by atoms with Crippen LogP contribution in [-0.4, -0.2) is 22.0 Å². The van der Waals surface area contributed by atoms with E-state index in [0.29, 0.717) is 12.6 Å². The first-order valence-corrected chi connectivity index (χ1v) is 8.16. The van der Waals surface area contributed by atoms with Gasteiger partial charge in [0.1, 0.15) is 0 Å². The smallest absolute Gasteiger partial charge is 0.0703 e. The highest BCUT2D eigenvalue weighted by Gasteiger charge is 2.43. The lowest BCUT2D eigenvalue weighted by atomic mass is 9.74. The van der Waals surface area contributed by atoms with Crippen molar-refractivity contribution < 1.29 is 4.74 Å². The first kappa shape index (κ1) is 14.1. The monoisotopic (exact) mass is 277 g/mol. The summed E-state index contributed by atoms with van der Waals surface area (Å²) >= 11 is 0. The van der Waals surface area contributed by atoms with Crippen LogP contribution in [0.5, 0.6) is 0 Å². The normalized spacial score (nSPS) is 24.9. The van der Waals surface area contributed by atoms with Gasteiger partial charge in [0, 0.05) is 24.4 Å². The van der Waals surface area contributed by atoms with Crippen LogP contribution in [0.2, 0.25) is 0 Å². The minimum Gasteiger partial charge on any atom is -0.375 e. The van der Waals surface area contributed by atoms with Gasteiger partial charge in [-0.15, -0.1) is 0 Å². The molecule has 20 heavy (non-hydrogen) atoms. The van der Waals surface area contributed by atoms with E-state index in [1.54, 1.807) is 0 Å². The molecule has 1 saturated carbocycles. The fourth-order valence-electron chi connectivity index (χ4n) is 3.88. The zero-order chi connectivity index (χ0) is 14.2. The summed E-state index contributed by atoms with van der Waals surface area (Å²) in [5.41, 5.74) is 9.96. The Hall–Kier alpha value is -0.870. The Morgan fingerprint density at radius 3 is 2.70 bits per heavy atom. The van der Waals surface area contributed by atoms with E-state index in [0.717, 1.165) is 32.3 Å². The molecule has 2 aliphatic rings. The topological polar surface area (TPSA) is 53.1 Å². The van der Waals surface area contributed by atoms with Crippen molar-refractivity contribution in [2.45, 2.75) is 77.0 Å². The summed E-state index contributed by atoms with van der Waals surface area (Å²) in [6, 6.07) is 0.504. The van der Waals surface area contributed by atoms with Crippen LogP contribution in [-0.2, 0) is 24.1 Å². The van der Waals surface area contributed by atoms with Crippen LogP contribution in [0.1, 0.15) is 68.9 Å². The Bertz CT molecular complexity index is 476. The maximum absolute atomic E-state index is 6.05. The Labute approximate surface area is 121 Å². The molecule has 1 atom stereocenters. The number of ether oxygens (including phenoxy) is 1. The van der Waals surface area contributed by atoms with Crippen LogP contribution in [0.25, 0.3) is 0 Å². The zero-order valence-corrected chi connectivity index (χ0v) is 12.8. The SMILES string of the molecule is CCc1nn(C2CCOC3(CCC3)C2)c(CC)c1CN. The lowest BCUT2D eigenvalue weighted by molar-refractivity contribution is -0.141. The molecule has 2 fully saturated rings. The molecule has 2 N–H and O–H groups in total. The van der Waals surface area contributed by atoms with Gasteiger partial charge in [0.25, 0.3) is 0 Å². The Kier molecular flexibility index (Phi) is 3.87. The summed E-state index contributed by atoms with van der Waals surface area (Å²) in [4.78, 5) is 0. The van der Waals surface area contributed by atoms with E-state index in [2.05, 4.69) is 18.5 Å². The van der Waals surface area contributed by atoms with Gasteiger partial charge in [-0.05, 0) is 44.9 Å². The van der Waals surface area contributed by atoms with Crippen LogP contribution < -0.4 is 5.73 Å². The molecule has 1 aliphatic carbocycles. The third-order valence-corrected chi connectivity index (χ3v) is 5.15. The molecule has 1 spiro atoms. The number of rotatable bonds is 4. The van der Waals surface area contributed by atoms with Gasteiger partial charge in [0.05, 0.1) is 17.3 Å². The van der Waals surface area contributed by atoms with Crippen LogP contribution >= 0.6 is 0 Å². The van der Waals surface area contributed by atoms with Crippen molar-refractivity contribution in [3.63, 3.8) is 0 Å². The molecular weight excluding hydrogens is 250 g/mol. The summed E-state index contributed by atoms with van der Waals surface area (Å²) in [6.45, 7) is 5.88. The van der Waals surface area contributed by atoms with E-state index < -0.39 is 0 Å². The third-order valence-electron chi connectivity index (χ3n) is 5.15. The Morgan fingerprint density at radius 2 is 2.15 bits per heavy atom. The van der Waals surface area contributed by atoms with Crippen molar-refractivity contribution in [1.29, 1.82) is 0 Å². The first-order valence-electron chi connectivity index (χ1n) is 8.16. The summed E-state index contributed by atoms with van der Waals surface area (Å²) in [5, 5.41) is 4.90. The van der Waals surface area contributed by atoms with Crippen molar-refractivity contribution in [3.8, 4) is 0 Å². The van der Waals surface area contributed by atoms with Crippen molar-refractivity contribution in [3.05, 3.63) is 17.0 Å². The number of nitrogens with zero attached hydrogens (tertiary/aromatic N) is 2. The maximum atomic E-state index is 6.05. The predicted octanol–water partition coefficient (Wildman–Crippen LogP) is 2.74. The quantitative estimate of drug-likeness (QED) is 0.920. The van der Waals surface area contributed by atoms with Crippen LogP contribution in [0, 0.1) is 0 Å². The number of hydrogen-bond donors (Lipinski definition) is 1. The average molecular weight is 277 g/mol. The molecule has 1 unspecified atom stereocenters. The molecule has 1 aromatic rings. The molecular formula is C16H27N3O. The molecule has 4 nitrogen and oxygen atoms in total. The summed E-state index contributed by atoms with van der Waals surface area (Å²) in [5.74, 6) is 0. The summed E-state index contributed by atoms with van der Waals surface area (Å²) < 4.78 is 8.35. The van der Waals surface area contributed by atoms with Crippen molar-refractivity contribution in [2.24, 2.45) is 5.73 Å². The molecule has 2 heterocycles. The Morgan fingerprint density at radius 1 is 1.35 bits per heavy atom. The second-order valence-corrected chi connectivity index (χ2v) is 6.26. The molecule has 0 aromatic carbocycles. The van der Waals surface area contributed by atoms with Gasteiger partial charge in [0.2, 0.25) is 0 Å². The van der Waals surface area contributed by atoms with E-state index in [9.17, 15) is 0 Å². The Balaban J connectivity index is 1.90. The summed E-state index contributed by atoms with van der Waals surface area (Å²) in [7, 11) is 0. The fourth-order valence-corrected chi connectivity index (χ4v) is 3.88. The fraction of sp³-hybridized carbons (Fsp3) is 0.812. The largest absolute Gasteiger partial charge is 0.375 e. The molecule has 0 bridgehead atoms. The van der Waals surface area contributed by atoms with E-state index in [1.807, 2.05) is 0 Å². The third kappa shape index (κ3) is 2.19. The molecule has 1 aromatic heterocycles. The minimum atomic E-state index is 0.176. The first-order chi connectivity index (χ1) is 9.73. The maximum Gasteiger partial charge on any atom is 0.0703 e. The van der Waals surface area contributed by atoms with Crippen LogP contribution in [0.3, 0.4) is 0 Å². The van der Waals surface area contributed by atoms with E-state index in [-0.39, 0.29) is 5.60 Å². The van der Waals surface area contributed by atoms with Crippen molar-refractivity contribution >= 4 is 0 Å². The second-order valence-electron chi connectivity index (χ2n) is 6.26. The van der Waals surface area contributed by atoms with Crippen molar-refractivity contribution in [2.75, 3.05) is 6.61 Å². The van der Waals surface area contributed by atoms with Gasteiger partial charge in [-0.1, -0.05) is 13.8 Å². The highest BCUT2D eigenvalue weighted by Crippen LogP contribution is 2.46. The van der Waals surface area contributed by atoms with Gasteiger partial charge in [-0.3, -0.25) is 4.68 Å². The molecule has 4 heteroatoms. The number of aromatic nitrogens is 2. The number of nitrogens with two attached hydrogens (primary N) is 1. The van der Waals surface area contributed by atoms with Gasteiger partial charge < -0.3 is 10.5 Å². The summed E-state index contributed by atoms with van der Waals surface area (Å²) in [6.07, 6.45) is 8.00. The molecule has 0 radical (unpaired) electrons. The molecule has 112 valence electrons. The molecule has 1 aliphatic heterocycles. The van der Waals surface area contributed by atoms with Gasteiger partial charge in [-0.25, -0.2) is 0 Å². The lowest BCUT2D eigenvalue weighted by Gasteiger charge is -2.47. The standard InChI is InChI=1S/C16H27N3O/c1-3-14-13(11-17)15(4-2)19(18-14)12-6-9-20-16(10-12)7-5-8-16/h12H,3-11,17H2,1-2H3. The number of aryl methyl sites for hydroxylation is 1. The molecule has 3 rings (SSSR count). The second kappa shape index (κ2) is 5.49. The van der Waals surface area contributed by atoms with E-state index in [1.165, 1.54) is 36.2 Å². The number of hydrogen-bond acceptors (Lipinski definition) is 3. The van der Waals surface area contributed by atoms with E-state index in [4.69, 9.17) is 15.6 Å². The minimum absolute atomic E-state index is 0.176. The highest BCUT2D eigenvalue weighted by atomic mass is 16.5. The van der Waals surface area contributed by atoms with Crippen molar-refractivity contribution in [1.82, 2.24) is 9.78 Å². The highest BCUT2D eigenvalue weighted by molar-refractivity contribution is 5.27. The van der Waals surface area contributed by atoms with E-state index >= 15 is 0 Å². The van der Waals surface area contributed by atoms with Gasteiger partial charge in [0.15, 0.2) is 0 Å². The zero-order valence-electron chi connectivity index (χ0n) is 12.8. The molecule has 1 saturated heterocycles. The van der Waals surface area contributed by atoms with Gasteiger partial charge in [-0.2, -0.15) is 5.10 Å². The lowest BCUT2D eigenvalue weighted by Crippen LogP contribution is -2.46.